The number of benzene rings is 1. The summed E-state index contributed by atoms with van der Waals surface area (Å²) in [5.74, 6) is 0.627. The van der Waals surface area contributed by atoms with Gasteiger partial charge in [0.1, 0.15) is 6.61 Å². The Kier molecular flexibility index (Phi) is 7.92. The number of hydrogen-bond donors (Lipinski definition) is 1. The van der Waals surface area contributed by atoms with E-state index < -0.39 is 12.8 Å². The van der Waals surface area contributed by atoms with Gasteiger partial charge in [-0.1, -0.05) is 23.7 Å². The van der Waals surface area contributed by atoms with E-state index in [9.17, 15) is 18.0 Å². The van der Waals surface area contributed by atoms with E-state index in [1.54, 1.807) is 6.07 Å². The van der Waals surface area contributed by atoms with Crippen LogP contribution in [-0.2, 0) is 15.3 Å². The smallest absolute Gasteiger partial charge is 0.370 e. The summed E-state index contributed by atoms with van der Waals surface area (Å²) in [5, 5.41) is 3.13. The first-order valence-corrected chi connectivity index (χ1v) is 7.63. The third-order valence-corrected chi connectivity index (χ3v) is 3.46. The fourth-order valence-electron chi connectivity index (χ4n) is 1.39. The molecule has 0 spiro atoms. The second-order valence-electron chi connectivity index (χ2n) is 4.14. The zero-order valence-electron chi connectivity index (χ0n) is 11.1. The number of halogens is 4. The predicted octanol–water partition coefficient (Wildman–Crippen LogP) is 3.27. The van der Waals surface area contributed by atoms with Crippen LogP contribution >= 0.6 is 23.4 Å². The van der Waals surface area contributed by atoms with Crippen molar-refractivity contribution in [1.29, 1.82) is 0 Å². The van der Waals surface area contributed by atoms with Gasteiger partial charge in [0.05, 0.1) is 12.4 Å². The lowest BCUT2D eigenvalue weighted by Gasteiger charge is -2.08. The summed E-state index contributed by atoms with van der Waals surface area (Å²) in [6, 6.07) is 7.32. The van der Waals surface area contributed by atoms with E-state index in [1.807, 2.05) is 18.2 Å². The number of amides is 1. The quantitative estimate of drug-likeness (QED) is 0.738. The Balaban J connectivity index is 2.06. The van der Waals surface area contributed by atoms with Gasteiger partial charge in [-0.15, -0.1) is 11.8 Å². The van der Waals surface area contributed by atoms with Crippen LogP contribution < -0.4 is 5.32 Å². The Morgan fingerprint density at radius 2 is 2.14 bits per heavy atom. The number of ether oxygens (including phenoxy) is 1. The van der Waals surface area contributed by atoms with E-state index in [4.69, 9.17) is 11.6 Å². The van der Waals surface area contributed by atoms with Gasteiger partial charge in [-0.3, -0.25) is 4.79 Å². The zero-order valence-corrected chi connectivity index (χ0v) is 12.7. The first-order valence-electron chi connectivity index (χ1n) is 6.10. The fourth-order valence-corrected chi connectivity index (χ4v) is 2.41. The second kappa shape index (κ2) is 9.17. The van der Waals surface area contributed by atoms with Crippen molar-refractivity contribution in [2.75, 3.05) is 25.5 Å². The molecular formula is C13H15ClF3NO2S. The maximum atomic E-state index is 11.8. The van der Waals surface area contributed by atoms with E-state index in [2.05, 4.69) is 10.1 Å². The summed E-state index contributed by atoms with van der Waals surface area (Å²) in [6.45, 7) is -1.40. The molecule has 0 heterocycles. The molecule has 0 saturated heterocycles. The van der Waals surface area contributed by atoms with Gasteiger partial charge in [-0.05, 0) is 17.7 Å². The average molecular weight is 342 g/mol. The minimum absolute atomic E-state index is 0.0621. The van der Waals surface area contributed by atoms with Gasteiger partial charge in [0.15, 0.2) is 0 Å². The molecule has 0 aliphatic carbocycles. The molecule has 0 aliphatic rings. The zero-order chi connectivity index (χ0) is 15.7. The molecule has 0 unspecified atom stereocenters. The van der Waals surface area contributed by atoms with Crippen LogP contribution in [0.4, 0.5) is 13.2 Å². The van der Waals surface area contributed by atoms with Crippen LogP contribution in [0.3, 0.4) is 0 Å². The standard InChI is InChI=1S/C13H15ClF3NO2S/c14-11-3-1-2-10(6-11)7-21-8-12(19)18-4-5-20-9-13(15,16)17/h1-3,6H,4-5,7-9H2,(H,18,19). The van der Waals surface area contributed by atoms with Crippen LogP contribution in [-0.4, -0.2) is 37.6 Å². The van der Waals surface area contributed by atoms with Gasteiger partial charge in [0.25, 0.3) is 0 Å². The van der Waals surface area contributed by atoms with E-state index in [1.165, 1.54) is 11.8 Å². The molecule has 8 heteroatoms. The van der Waals surface area contributed by atoms with Crippen molar-refractivity contribution in [2.45, 2.75) is 11.9 Å². The Bertz CT molecular complexity index is 457. The molecule has 1 rings (SSSR count). The molecule has 0 saturated carbocycles. The number of hydrogen-bond acceptors (Lipinski definition) is 3. The number of nitrogens with one attached hydrogen (secondary N) is 1. The predicted molar refractivity (Wildman–Crippen MR) is 77.5 cm³/mol. The summed E-state index contributed by atoms with van der Waals surface area (Å²) < 4.78 is 39.7. The van der Waals surface area contributed by atoms with Crippen LogP contribution in [0.5, 0.6) is 0 Å². The molecule has 1 aromatic rings. The first-order chi connectivity index (χ1) is 9.87. The van der Waals surface area contributed by atoms with Gasteiger partial charge in [-0.25, -0.2) is 0 Å². The summed E-state index contributed by atoms with van der Waals surface area (Å²) in [6.07, 6.45) is -4.34. The van der Waals surface area contributed by atoms with E-state index in [0.29, 0.717) is 10.8 Å². The highest BCUT2D eigenvalue weighted by Gasteiger charge is 2.27. The Morgan fingerprint density at radius 3 is 2.81 bits per heavy atom. The Labute approximate surface area is 130 Å². The summed E-state index contributed by atoms with van der Waals surface area (Å²) in [4.78, 5) is 11.4. The molecule has 0 aliphatic heterocycles. The SMILES string of the molecule is O=C(CSCc1cccc(Cl)c1)NCCOCC(F)(F)F. The van der Waals surface area contributed by atoms with Crippen LogP contribution in [0.2, 0.25) is 5.02 Å². The molecule has 118 valence electrons. The number of thioether (sulfide) groups is 1. The molecule has 1 aromatic carbocycles. The monoisotopic (exact) mass is 341 g/mol. The maximum absolute atomic E-state index is 11.8. The van der Waals surface area contributed by atoms with Crippen molar-refractivity contribution in [3.8, 4) is 0 Å². The molecule has 21 heavy (non-hydrogen) atoms. The molecular weight excluding hydrogens is 327 g/mol. The van der Waals surface area contributed by atoms with E-state index >= 15 is 0 Å². The van der Waals surface area contributed by atoms with Crippen molar-refractivity contribution in [3.63, 3.8) is 0 Å². The highest BCUT2D eigenvalue weighted by molar-refractivity contribution is 7.99. The topological polar surface area (TPSA) is 38.3 Å². The average Bonchev–Trinajstić information content (AvgIpc) is 2.37. The molecule has 3 nitrogen and oxygen atoms in total. The van der Waals surface area contributed by atoms with Crippen LogP contribution in [0.1, 0.15) is 5.56 Å². The minimum atomic E-state index is -4.34. The first kappa shape index (κ1) is 18.1. The third kappa shape index (κ3) is 9.60. The number of rotatable bonds is 8. The van der Waals surface area contributed by atoms with Gasteiger partial charge >= 0.3 is 6.18 Å². The lowest BCUT2D eigenvalue weighted by Crippen LogP contribution is -2.30. The van der Waals surface area contributed by atoms with Crippen molar-refractivity contribution in [3.05, 3.63) is 34.9 Å². The molecule has 0 bridgehead atoms. The van der Waals surface area contributed by atoms with Crippen LogP contribution in [0.25, 0.3) is 0 Å². The van der Waals surface area contributed by atoms with Crippen molar-refractivity contribution >= 4 is 29.3 Å². The molecule has 0 atom stereocenters. The number of carbonyl (C=O) groups is 1. The molecule has 0 aromatic heterocycles. The fraction of sp³-hybridized carbons (Fsp3) is 0.462. The van der Waals surface area contributed by atoms with E-state index in [0.717, 1.165) is 5.56 Å². The maximum Gasteiger partial charge on any atom is 0.411 e. The van der Waals surface area contributed by atoms with Crippen LogP contribution in [0, 0.1) is 0 Å². The summed E-state index contributed by atoms with van der Waals surface area (Å²) >= 11 is 7.23. The molecule has 1 amide bonds. The number of alkyl halides is 3. The second-order valence-corrected chi connectivity index (χ2v) is 5.56. The highest BCUT2D eigenvalue weighted by Crippen LogP contribution is 2.16. The summed E-state index contributed by atoms with van der Waals surface area (Å²) in [7, 11) is 0. The van der Waals surface area contributed by atoms with Gasteiger partial charge in [0.2, 0.25) is 5.91 Å². The molecule has 0 fully saturated rings. The van der Waals surface area contributed by atoms with Crippen molar-refractivity contribution in [1.82, 2.24) is 5.32 Å². The van der Waals surface area contributed by atoms with Crippen molar-refractivity contribution in [2.24, 2.45) is 0 Å². The summed E-state index contributed by atoms with van der Waals surface area (Å²) in [5.41, 5.74) is 1.01. The van der Waals surface area contributed by atoms with Crippen molar-refractivity contribution < 1.29 is 22.7 Å². The Morgan fingerprint density at radius 1 is 1.38 bits per heavy atom. The Hall–Kier alpha value is -0.920. The molecule has 1 N–H and O–H groups in total. The third-order valence-electron chi connectivity index (χ3n) is 2.23. The lowest BCUT2D eigenvalue weighted by atomic mass is 10.2. The molecule has 0 radical (unpaired) electrons. The normalized spacial score (nSPS) is 11.4. The minimum Gasteiger partial charge on any atom is -0.370 e. The largest absolute Gasteiger partial charge is 0.411 e. The number of carbonyl (C=O) groups excluding carboxylic acids is 1. The van der Waals surface area contributed by atoms with Crippen LogP contribution in [0.15, 0.2) is 24.3 Å². The van der Waals surface area contributed by atoms with Gasteiger partial charge in [-0.2, -0.15) is 13.2 Å². The van der Waals surface area contributed by atoms with E-state index in [-0.39, 0.29) is 24.8 Å². The van der Waals surface area contributed by atoms with Gasteiger partial charge in [0, 0.05) is 17.3 Å². The highest BCUT2D eigenvalue weighted by atomic mass is 35.5. The van der Waals surface area contributed by atoms with Gasteiger partial charge < -0.3 is 10.1 Å². The lowest BCUT2D eigenvalue weighted by molar-refractivity contribution is -0.173.